The van der Waals surface area contributed by atoms with Crippen molar-refractivity contribution in [1.29, 1.82) is 0 Å². The maximum atomic E-state index is 12.7. The van der Waals surface area contributed by atoms with Crippen molar-refractivity contribution in [3.05, 3.63) is 83.9 Å². The first-order chi connectivity index (χ1) is 15.8. The van der Waals surface area contributed by atoms with Gasteiger partial charge in [0, 0.05) is 24.6 Å². The fourth-order valence-corrected chi connectivity index (χ4v) is 4.71. The van der Waals surface area contributed by atoms with Crippen molar-refractivity contribution in [3.8, 4) is 11.5 Å². The molecule has 1 saturated heterocycles. The molecule has 0 radical (unpaired) electrons. The first-order valence-corrected chi connectivity index (χ1v) is 11.5. The first-order valence-electron chi connectivity index (χ1n) is 10.1. The third-order valence-corrected chi connectivity index (χ3v) is 6.70. The van der Waals surface area contributed by atoms with Crippen LogP contribution in [-0.2, 0) is 14.9 Å². The zero-order chi connectivity index (χ0) is 23.6. The second-order valence-electron chi connectivity index (χ2n) is 7.51. The summed E-state index contributed by atoms with van der Waals surface area (Å²) < 4.78 is 35.1. The molecule has 1 aliphatic heterocycles. The number of nitrogens with zero attached hydrogens (tertiary/aromatic N) is 1. The van der Waals surface area contributed by atoms with E-state index in [1.165, 1.54) is 37.4 Å². The molecular weight excluding hydrogens is 446 g/mol. The van der Waals surface area contributed by atoms with Gasteiger partial charge in [0.1, 0.15) is 22.0 Å². The van der Waals surface area contributed by atoms with Crippen molar-refractivity contribution < 1.29 is 32.0 Å². The van der Waals surface area contributed by atoms with Crippen molar-refractivity contribution >= 4 is 27.7 Å². The summed E-state index contributed by atoms with van der Waals surface area (Å²) in [6, 6.07) is 18.9. The van der Waals surface area contributed by atoms with E-state index in [1.54, 1.807) is 47.4 Å². The Morgan fingerprint density at radius 1 is 1.03 bits per heavy atom. The van der Waals surface area contributed by atoms with E-state index in [0.717, 1.165) is 5.56 Å². The number of amides is 1. The predicted octanol–water partition coefficient (Wildman–Crippen LogP) is 3.68. The average Bonchev–Trinajstić information content (AvgIpc) is 3.21. The molecule has 3 aromatic rings. The smallest absolute Gasteiger partial charge is 0.339 e. The van der Waals surface area contributed by atoms with Crippen LogP contribution in [-0.4, -0.2) is 39.1 Å². The summed E-state index contributed by atoms with van der Waals surface area (Å²) in [5, 5.41) is 9.25. The fourth-order valence-electron chi connectivity index (χ4n) is 3.76. The van der Waals surface area contributed by atoms with Crippen LogP contribution >= 0.6 is 0 Å². The number of benzene rings is 3. The van der Waals surface area contributed by atoms with Crippen LogP contribution in [0.3, 0.4) is 0 Å². The number of rotatable bonds is 7. The summed E-state index contributed by atoms with van der Waals surface area (Å²) in [4.78, 5) is 25.6. The van der Waals surface area contributed by atoms with Gasteiger partial charge in [-0.3, -0.25) is 4.79 Å². The van der Waals surface area contributed by atoms with E-state index in [-0.39, 0.29) is 40.2 Å². The molecule has 3 aromatic carbocycles. The van der Waals surface area contributed by atoms with E-state index in [4.69, 9.17) is 8.92 Å². The predicted molar refractivity (Wildman–Crippen MR) is 120 cm³/mol. The number of hydrogen-bond acceptors (Lipinski definition) is 6. The lowest BCUT2D eigenvalue weighted by Gasteiger charge is -2.18. The summed E-state index contributed by atoms with van der Waals surface area (Å²) in [5.41, 5.74) is 1.48. The summed E-state index contributed by atoms with van der Waals surface area (Å²) in [5.74, 6) is -0.929. The highest BCUT2D eigenvalue weighted by Gasteiger charge is 2.32. The third kappa shape index (κ3) is 4.68. The standard InChI is InChI=1S/C24H21NO7S/c1-31-22-13-16(7-12-21(22)24(27)28)17-14-23(26)25(15-17)18-8-10-19(11-9-18)32-33(29,30)20-5-3-2-4-6-20/h2-13,17H,14-15H2,1H3,(H,27,28). The molecular formula is C24H21NO7S. The molecule has 8 nitrogen and oxygen atoms in total. The molecule has 1 amide bonds. The number of carboxylic acid groups (broad SMARTS) is 1. The Bertz CT molecular complexity index is 1290. The van der Waals surface area contributed by atoms with Gasteiger partial charge in [-0.2, -0.15) is 8.42 Å². The molecule has 1 aliphatic rings. The Balaban J connectivity index is 1.49. The zero-order valence-electron chi connectivity index (χ0n) is 17.7. The van der Waals surface area contributed by atoms with Gasteiger partial charge in [0.2, 0.25) is 5.91 Å². The molecule has 0 spiro atoms. The van der Waals surface area contributed by atoms with E-state index in [1.807, 2.05) is 0 Å². The van der Waals surface area contributed by atoms with Gasteiger partial charge in [-0.1, -0.05) is 24.3 Å². The van der Waals surface area contributed by atoms with Crippen LogP contribution in [0.25, 0.3) is 0 Å². The van der Waals surface area contributed by atoms with Gasteiger partial charge in [-0.15, -0.1) is 0 Å². The van der Waals surface area contributed by atoms with Gasteiger partial charge in [0.25, 0.3) is 0 Å². The summed E-state index contributed by atoms with van der Waals surface area (Å²) in [7, 11) is -2.55. The second kappa shape index (κ2) is 8.95. The molecule has 1 heterocycles. The number of anilines is 1. The van der Waals surface area contributed by atoms with Crippen LogP contribution in [0, 0.1) is 0 Å². The molecule has 170 valence electrons. The van der Waals surface area contributed by atoms with Crippen LogP contribution in [0.2, 0.25) is 0 Å². The molecule has 33 heavy (non-hydrogen) atoms. The van der Waals surface area contributed by atoms with Crippen LogP contribution in [0.1, 0.15) is 28.3 Å². The van der Waals surface area contributed by atoms with Crippen molar-refractivity contribution in [1.82, 2.24) is 0 Å². The van der Waals surface area contributed by atoms with Crippen molar-refractivity contribution in [3.63, 3.8) is 0 Å². The number of carbonyl (C=O) groups is 2. The summed E-state index contributed by atoms with van der Waals surface area (Å²) >= 11 is 0. The third-order valence-electron chi connectivity index (χ3n) is 5.44. The maximum absolute atomic E-state index is 12.7. The molecule has 1 unspecified atom stereocenters. The number of aromatic carboxylic acids is 1. The lowest BCUT2D eigenvalue weighted by Crippen LogP contribution is -2.24. The summed E-state index contributed by atoms with van der Waals surface area (Å²) in [6.07, 6.45) is 0.260. The Morgan fingerprint density at radius 3 is 2.36 bits per heavy atom. The Labute approximate surface area is 191 Å². The van der Waals surface area contributed by atoms with Gasteiger partial charge in [-0.25, -0.2) is 4.79 Å². The monoisotopic (exact) mass is 467 g/mol. The topological polar surface area (TPSA) is 110 Å². The van der Waals surface area contributed by atoms with Gasteiger partial charge >= 0.3 is 16.1 Å². The van der Waals surface area contributed by atoms with Crippen LogP contribution in [0.15, 0.2) is 77.7 Å². The fraction of sp³-hybridized carbons (Fsp3) is 0.167. The zero-order valence-corrected chi connectivity index (χ0v) is 18.5. The van der Waals surface area contributed by atoms with E-state index >= 15 is 0 Å². The van der Waals surface area contributed by atoms with Crippen molar-refractivity contribution in [2.75, 3.05) is 18.6 Å². The number of carboxylic acids is 1. The molecule has 0 aliphatic carbocycles. The largest absolute Gasteiger partial charge is 0.496 e. The number of methoxy groups -OCH3 is 1. The number of carbonyl (C=O) groups excluding carboxylic acids is 1. The minimum Gasteiger partial charge on any atom is -0.496 e. The van der Waals surface area contributed by atoms with E-state index in [2.05, 4.69) is 0 Å². The van der Waals surface area contributed by atoms with Crippen LogP contribution < -0.4 is 13.8 Å². The second-order valence-corrected chi connectivity index (χ2v) is 9.06. The Kier molecular flexibility index (Phi) is 6.06. The highest BCUT2D eigenvalue weighted by atomic mass is 32.2. The van der Waals surface area contributed by atoms with Crippen LogP contribution in [0.5, 0.6) is 11.5 Å². The molecule has 0 saturated carbocycles. The number of ether oxygens (including phenoxy) is 1. The average molecular weight is 467 g/mol. The lowest BCUT2D eigenvalue weighted by molar-refractivity contribution is -0.117. The molecule has 4 rings (SSSR count). The molecule has 1 N–H and O–H groups in total. The van der Waals surface area contributed by atoms with Gasteiger partial charge < -0.3 is 18.9 Å². The van der Waals surface area contributed by atoms with Crippen molar-refractivity contribution in [2.45, 2.75) is 17.2 Å². The minimum atomic E-state index is -3.95. The van der Waals surface area contributed by atoms with Gasteiger partial charge in [0.05, 0.1) is 7.11 Å². The SMILES string of the molecule is COc1cc(C2CC(=O)N(c3ccc(OS(=O)(=O)c4ccccc4)cc3)C2)ccc1C(=O)O. The maximum Gasteiger partial charge on any atom is 0.339 e. The first kappa shape index (κ1) is 22.3. The van der Waals surface area contributed by atoms with Crippen molar-refractivity contribution in [2.24, 2.45) is 0 Å². The van der Waals surface area contributed by atoms with Crippen LogP contribution in [0.4, 0.5) is 5.69 Å². The molecule has 0 aromatic heterocycles. The van der Waals surface area contributed by atoms with Gasteiger partial charge in [-0.05, 0) is 54.1 Å². The quantitative estimate of drug-likeness (QED) is 0.528. The lowest BCUT2D eigenvalue weighted by atomic mass is 9.96. The minimum absolute atomic E-state index is 0.0518. The summed E-state index contributed by atoms with van der Waals surface area (Å²) in [6.45, 7) is 0.400. The molecule has 9 heteroatoms. The molecule has 0 bridgehead atoms. The molecule has 1 fully saturated rings. The van der Waals surface area contributed by atoms with E-state index in [0.29, 0.717) is 12.2 Å². The Hall–Kier alpha value is -3.85. The van der Waals surface area contributed by atoms with E-state index < -0.39 is 16.1 Å². The highest BCUT2D eigenvalue weighted by Crippen LogP contribution is 2.35. The normalized spacial score (nSPS) is 16.0. The molecule has 1 atom stereocenters. The number of hydrogen-bond donors (Lipinski definition) is 1. The van der Waals surface area contributed by atoms with E-state index in [9.17, 15) is 23.1 Å². The Morgan fingerprint density at radius 2 is 1.73 bits per heavy atom. The van der Waals surface area contributed by atoms with Gasteiger partial charge in [0.15, 0.2) is 0 Å². The highest BCUT2D eigenvalue weighted by molar-refractivity contribution is 7.87.